The first-order valence-electron chi connectivity index (χ1n) is 6.50. The van der Waals surface area contributed by atoms with Gasteiger partial charge in [-0.05, 0) is 37.1 Å². The molecule has 0 saturated carbocycles. The Morgan fingerprint density at radius 3 is 2.32 bits per heavy atom. The number of nitrogens with one attached hydrogen (secondary N) is 2. The first-order valence-corrected chi connectivity index (χ1v) is 7.99. The van der Waals surface area contributed by atoms with Gasteiger partial charge >= 0.3 is 0 Å². The molecular formula is C13H22N2O3S. The molecule has 1 aromatic carbocycles. The summed E-state index contributed by atoms with van der Waals surface area (Å²) in [4.78, 5) is 0.253. The van der Waals surface area contributed by atoms with Crippen LogP contribution in [-0.4, -0.2) is 32.7 Å². The first-order chi connectivity index (χ1) is 9.03. The highest BCUT2D eigenvalue weighted by molar-refractivity contribution is 7.89. The van der Waals surface area contributed by atoms with Crippen molar-refractivity contribution in [1.29, 1.82) is 0 Å². The Bertz CT molecular complexity index is 467. The molecule has 0 amide bonds. The number of aliphatic hydroxyl groups is 1. The molecule has 0 saturated heterocycles. The smallest absolute Gasteiger partial charge is 0.240 e. The minimum Gasteiger partial charge on any atom is -0.394 e. The fraction of sp³-hybridized carbons (Fsp3) is 0.538. The van der Waals surface area contributed by atoms with Crippen molar-refractivity contribution in [2.45, 2.75) is 37.6 Å². The molecule has 1 rings (SSSR count). The largest absolute Gasteiger partial charge is 0.394 e. The van der Waals surface area contributed by atoms with E-state index in [4.69, 9.17) is 5.11 Å². The fourth-order valence-corrected chi connectivity index (χ4v) is 2.70. The van der Waals surface area contributed by atoms with Crippen molar-refractivity contribution >= 4 is 15.7 Å². The molecule has 0 aliphatic heterocycles. The lowest BCUT2D eigenvalue weighted by molar-refractivity contribution is 0.272. The summed E-state index contributed by atoms with van der Waals surface area (Å²) in [6, 6.07) is 6.52. The Morgan fingerprint density at radius 1 is 1.21 bits per heavy atom. The minimum atomic E-state index is -3.41. The van der Waals surface area contributed by atoms with Crippen LogP contribution in [0.4, 0.5) is 5.69 Å². The molecule has 1 unspecified atom stereocenters. The summed E-state index contributed by atoms with van der Waals surface area (Å²) < 4.78 is 26.3. The van der Waals surface area contributed by atoms with E-state index in [0.717, 1.165) is 18.5 Å². The summed E-state index contributed by atoms with van der Waals surface area (Å²) in [5.41, 5.74) is 0.801. The molecule has 0 heterocycles. The Morgan fingerprint density at radius 2 is 1.84 bits per heavy atom. The summed E-state index contributed by atoms with van der Waals surface area (Å²) in [6.07, 6.45) is 1.56. The minimum absolute atomic E-state index is 0.0133. The van der Waals surface area contributed by atoms with Gasteiger partial charge in [0.2, 0.25) is 10.0 Å². The molecule has 0 fully saturated rings. The molecule has 0 aliphatic rings. The highest BCUT2D eigenvalue weighted by Gasteiger charge is 2.12. The molecule has 19 heavy (non-hydrogen) atoms. The molecule has 0 aromatic heterocycles. The van der Waals surface area contributed by atoms with Crippen molar-refractivity contribution in [2.75, 3.05) is 18.5 Å². The van der Waals surface area contributed by atoms with E-state index in [-0.39, 0.29) is 17.5 Å². The molecule has 0 aliphatic carbocycles. The predicted octanol–water partition coefficient (Wildman–Crippen LogP) is 1.56. The van der Waals surface area contributed by atoms with Gasteiger partial charge in [-0.15, -0.1) is 0 Å². The molecule has 6 heteroatoms. The van der Waals surface area contributed by atoms with E-state index >= 15 is 0 Å². The second-order valence-corrected chi connectivity index (χ2v) is 6.12. The van der Waals surface area contributed by atoms with Crippen LogP contribution in [0.2, 0.25) is 0 Å². The third-order valence-corrected chi connectivity index (χ3v) is 4.27. The lowest BCUT2D eigenvalue weighted by Gasteiger charge is -2.15. The van der Waals surface area contributed by atoms with Gasteiger partial charge in [0.25, 0.3) is 0 Å². The average Bonchev–Trinajstić information content (AvgIpc) is 2.43. The zero-order valence-electron chi connectivity index (χ0n) is 11.4. The quantitative estimate of drug-likeness (QED) is 0.677. The molecule has 0 bridgehead atoms. The number of anilines is 1. The van der Waals surface area contributed by atoms with Crippen LogP contribution in [0.3, 0.4) is 0 Å². The number of aliphatic hydroxyl groups excluding tert-OH is 1. The maximum absolute atomic E-state index is 11.9. The number of sulfonamides is 1. The fourth-order valence-electron chi connectivity index (χ4n) is 1.56. The number of benzene rings is 1. The van der Waals surface area contributed by atoms with Gasteiger partial charge in [-0.1, -0.05) is 13.8 Å². The number of hydrogen-bond acceptors (Lipinski definition) is 4. The maximum Gasteiger partial charge on any atom is 0.240 e. The first kappa shape index (κ1) is 15.9. The van der Waals surface area contributed by atoms with Gasteiger partial charge in [0, 0.05) is 18.3 Å². The third-order valence-electron chi connectivity index (χ3n) is 2.79. The lowest BCUT2D eigenvalue weighted by atomic mass is 10.2. The predicted molar refractivity (Wildman–Crippen MR) is 76.7 cm³/mol. The summed E-state index contributed by atoms with van der Waals surface area (Å²) in [6.45, 7) is 4.37. The molecule has 108 valence electrons. The summed E-state index contributed by atoms with van der Waals surface area (Å²) in [7, 11) is -3.41. The molecule has 0 radical (unpaired) electrons. The average molecular weight is 286 g/mol. The van der Waals surface area contributed by atoms with Crippen LogP contribution in [-0.2, 0) is 10.0 Å². The van der Waals surface area contributed by atoms with Gasteiger partial charge in [0.05, 0.1) is 11.5 Å². The maximum atomic E-state index is 11.9. The van der Waals surface area contributed by atoms with E-state index in [9.17, 15) is 8.42 Å². The molecule has 1 aromatic rings. The van der Waals surface area contributed by atoms with Gasteiger partial charge < -0.3 is 10.4 Å². The van der Waals surface area contributed by atoms with Crippen molar-refractivity contribution in [1.82, 2.24) is 4.72 Å². The zero-order chi connectivity index (χ0) is 14.3. The van der Waals surface area contributed by atoms with Crippen LogP contribution in [0.1, 0.15) is 26.7 Å². The van der Waals surface area contributed by atoms with Gasteiger partial charge in [0.15, 0.2) is 0 Å². The van der Waals surface area contributed by atoms with Gasteiger partial charge in [-0.3, -0.25) is 0 Å². The van der Waals surface area contributed by atoms with Crippen LogP contribution >= 0.6 is 0 Å². The van der Waals surface area contributed by atoms with Crippen molar-refractivity contribution in [2.24, 2.45) is 0 Å². The van der Waals surface area contributed by atoms with E-state index in [1.165, 1.54) is 0 Å². The van der Waals surface area contributed by atoms with Gasteiger partial charge in [-0.2, -0.15) is 0 Å². The Balaban J connectivity index is 2.76. The monoisotopic (exact) mass is 286 g/mol. The van der Waals surface area contributed by atoms with Gasteiger partial charge in [-0.25, -0.2) is 13.1 Å². The standard InChI is InChI=1S/C13H22N2O3S/c1-3-9-14-19(17,18)13-7-5-12(6-8-13)15-11(4-2)10-16/h5-8,11,14-16H,3-4,9-10H2,1-2H3. The van der Waals surface area contributed by atoms with Crippen molar-refractivity contribution in [3.63, 3.8) is 0 Å². The summed E-state index contributed by atoms with van der Waals surface area (Å²) in [5.74, 6) is 0. The second kappa shape index (κ2) is 7.47. The Hall–Kier alpha value is -1.11. The van der Waals surface area contributed by atoms with E-state index in [1.807, 2.05) is 13.8 Å². The van der Waals surface area contributed by atoms with Crippen LogP contribution < -0.4 is 10.0 Å². The summed E-state index contributed by atoms with van der Waals surface area (Å²) >= 11 is 0. The SMILES string of the molecule is CCCNS(=O)(=O)c1ccc(NC(CC)CO)cc1. The van der Waals surface area contributed by atoms with Gasteiger partial charge in [0.1, 0.15) is 0 Å². The topological polar surface area (TPSA) is 78.4 Å². The summed E-state index contributed by atoms with van der Waals surface area (Å²) in [5, 5.41) is 12.2. The second-order valence-electron chi connectivity index (χ2n) is 4.35. The van der Waals surface area contributed by atoms with Crippen LogP contribution in [0.5, 0.6) is 0 Å². The van der Waals surface area contributed by atoms with E-state index < -0.39 is 10.0 Å². The van der Waals surface area contributed by atoms with Crippen molar-refractivity contribution in [3.05, 3.63) is 24.3 Å². The molecule has 0 spiro atoms. The molecular weight excluding hydrogens is 264 g/mol. The molecule has 1 atom stereocenters. The zero-order valence-corrected chi connectivity index (χ0v) is 12.2. The van der Waals surface area contributed by atoms with E-state index in [1.54, 1.807) is 24.3 Å². The number of hydrogen-bond donors (Lipinski definition) is 3. The highest BCUT2D eigenvalue weighted by Crippen LogP contribution is 2.15. The Kier molecular flexibility index (Phi) is 6.27. The molecule has 3 N–H and O–H groups in total. The highest BCUT2D eigenvalue weighted by atomic mass is 32.2. The molecule has 5 nitrogen and oxygen atoms in total. The van der Waals surface area contributed by atoms with Crippen LogP contribution in [0, 0.1) is 0 Å². The van der Waals surface area contributed by atoms with Crippen molar-refractivity contribution < 1.29 is 13.5 Å². The van der Waals surface area contributed by atoms with Crippen LogP contribution in [0.25, 0.3) is 0 Å². The normalized spacial score (nSPS) is 13.2. The van der Waals surface area contributed by atoms with E-state index in [0.29, 0.717) is 6.54 Å². The van der Waals surface area contributed by atoms with E-state index in [2.05, 4.69) is 10.0 Å². The van der Waals surface area contributed by atoms with Crippen LogP contribution in [0.15, 0.2) is 29.2 Å². The lowest BCUT2D eigenvalue weighted by Crippen LogP contribution is -2.24. The Labute approximate surface area is 115 Å². The third kappa shape index (κ3) is 4.81. The number of rotatable bonds is 8. The van der Waals surface area contributed by atoms with Crippen molar-refractivity contribution in [3.8, 4) is 0 Å².